The number of nitrogens with two attached hydrogens (primary N) is 1. The van der Waals surface area contributed by atoms with Crippen molar-refractivity contribution in [3.05, 3.63) is 10.6 Å². The van der Waals surface area contributed by atoms with E-state index < -0.39 is 23.9 Å². The highest BCUT2D eigenvalue weighted by atomic mass is 32.2. The SMILES string of the molecule is CC(=N)C(CC(N)=O)SC[C@@H]1C[C@H](SC2=C(C(=O)O)N3C(=O)[C@H]([C@@H](C)O)[C@H]3[C@H]2C)CN1. The van der Waals surface area contributed by atoms with Crippen LogP contribution in [0.15, 0.2) is 10.6 Å². The molecule has 31 heavy (non-hydrogen) atoms. The third-order valence-electron chi connectivity index (χ3n) is 6.15. The van der Waals surface area contributed by atoms with Crippen LogP contribution in [-0.4, -0.2) is 79.6 Å². The van der Waals surface area contributed by atoms with Crippen molar-refractivity contribution in [1.29, 1.82) is 5.41 Å². The van der Waals surface area contributed by atoms with Crippen LogP contribution in [0.2, 0.25) is 0 Å². The molecule has 0 aliphatic carbocycles. The minimum Gasteiger partial charge on any atom is -0.477 e. The van der Waals surface area contributed by atoms with E-state index in [0.717, 1.165) is 12.2 Å². The third kappa shape index (κ3) is 4.79. The Morgan fingerprint density at radius 3 is 2.65 bits per heavy atom. The molecule has 1 unspecified atom stereocenters. The van der Waals surface area contributed by atoms with Gasteiger partial charge in [-0.2, -0.15) is 11.8 Å². The number of rotatable bonds is 10. The molecule has 3 rings (SSSR count). The van der Waals surface area contributed by atoms with E-state index in [0.29, 0.717) is 17.2 Å². The van der Waals surface area contributed by atoms with Gasteiger partial charge in [0.2, 0.25) is 11.8 Å². The van der Waals surface area contributed by atoms with Crippen molar-refractivity contribution in [2.45, 2.75) is 62.3 Å². The number of carbonyl (C=O) groups is 3. The molecule has 172 valence electrons. The zero-order chi connectivity index (χ0) is 23.0. The van der Waals surface area contributed by atoms with Crippen molar-refractivity contribution in [2.75, 3.05) is 12.3 Å². The van der Waals surface area contributed by atoms with Crippen LogP contribution in [0.4, 0.5) is 0 Å². The van der Waals surface area contributed by atoms with Crippen LogP contribution in [0.1, 0.15) is 33.6 Å². The Hall–Kier alpha value is -1.56. The maximum atomic E-state index is 12.5. The summed E-state index contributed by atoms with van der Waals surface area (Å²) in [5.41, 5.74) is 5.76. The predicted molar refractivity (Wildman–Crippen MR) is 121 cm³/mol. The van der Waals surface area contributed by atoms with Crippen LogP contribution in [0, 0.1) is 17.2 Å². The van der Waals surface area contributed by atoms with Crippen LogP contribution in [0.5, 0.6) is 0 Å². The molecule has 0 bridgehead atoms. The molecule has 9 nitrogen and oxygen atoms in total. The topological polar surface area (TPSA) is 157 Å². The smallest absolute Gasteiger partial charge is 0.353 e. The fourth-order valence-corrected chi connectivity index (χ4v) is 7.38. The standard InChI is InChI=1S/C20H30N4O5S2/c1-8-16-15(10(3)25)19(27)24(16)17(20(28)29)18(8)31-12-4-11(23-6-12)7-30-13(9(2)21)5-14(22)26/h8,10-13,15-16,21,23,25H,4-7H2,1-3H3,(H2,22,26)(H,28,29)/t8-,10-,11+,12+,13?,15-,16-/m1/s1. The fourth-order valence-electron chi connectivity index (χ4n) is 4.61. The number of fused-ring (bicyclic) bond motifs is 1. The van der Waals surface area contributed by atoms with Crippen LogP contribution >= 0.6 is 23.5 Å². The second-order valence-electron chi connectivity index (χ2n) is 8.53. The van der Waals surface area contributed by atoms with Crippen molar-refractivity contribution in [2.24, 2.45) is 17.6 Å². The van der Waals surface area contributed by atoms with E-state index in [2.05, 4.69) is 5.32 Å². The van der Waals surface area contributed by atoms with Crippen LogP contribution in [0.25, 0.3) is 0 Å². The number of hydrogen-bond donors (Lipinski definition) is 5. The Kier molecular flexibility index (Phi) is 7.39. The van der Waals surface area contributed by atoms with Gasteiger partial charge >= 0.3 is 5.97 Å². The minimum atomic E-state index is -1.11. The first-order chi connectivity index (χ1) is 14.5. The highest BCUT2D eigenvalue weighted by molar-refractivity contribution is 8.03. The summed E-state index contributed by atoms with van der Waals surface area (Å²) in [5.74, 6) is -1.82. The lowest BCUT2D eigenvalue weighted by molar-refractivity contribution is -0.163. The number of nitrogens with one attached hydrogen (secondary N) is 2. The summed E-state index contributed by atoms with van der Waals surface area (Å²) in [6.07, 6.45) is 0.155. The fraction of sp³-hybridized carbons (Fsp3) is 0.700. The Morgan fingerprint density at radius 1 is 1.42 bits per heavy atom. The zero-order valence-corrected chi connectivity index (χ0v) is 19.5. The quantitative estimate of drug-likeness (QED) is 0.230. The first-order valence-corrected chi connectivity index (χ1v) is 12.3. The van der Waals surface area contributed by atoms with Gasteiger partial charge in [-0.05, 0) is 20.3 Å². The normalized spacial score (nSPS) is 31.9. The van der Waals surface area contributed by atoms with E-state index in [1.54, 1.807) is 13.8 Å². The number of nitrogens with zero attached hydrogens (tertiary/aromatic N) is 1. The molecule has 6 N–H and O–H groups in total. The van der Waals surface area contributed by atoms with Gasteiger partial charge in [-0.1, -0.05) is 6.92 Å². The third-order valence-corrected chi connectivity index (χ3v) is 9.18. The average molecular weight is 471 g/mol. The van der Waals surface area contributed by atoms with Gasteiger partial charge in [0, 0.05) is 46.5 Å². The molecule has 0 radical (unpaired) electrons. The molecule has 0 spiro atoms. The van der Waals surface area contributed by atoms with Crippen molar-refractivity contribution in [3.8, 4) is 0 Å². The summed E-state index contributed by atoms with van der Waals surface area (Å²) in [4.78, 5) is 37.7. The van der Waals surface area contributed by atoms with Crippen molar-refractivity contribution in [3.63, 3.8) is 0 Å². The molecule has 3 aliphatic rings. The molecule has 0 aromatic rings. The average Bonchev–Trinajstić information content (AvgIpc) is 3.20. The van der Waals surface area contributed by atoms with E-state index in [9.17, 15) is 24.6 Å². The largest absolute Gasteiger partial charge is 0.477 e. The number of hydrogen-bond acceptors (Lipinski definition) is 8. The highest BCUT2D eigenvalue weighted by Crippen LogP contribution is 2.51. The summed E-state index contributed by atoms with van der Waals surface area (Å²) in [7, 11) is 0. The Morgan fingerprint density at radius 2 is 2.10 bits per heavy atom. The molecule has 2 saturated heterocycles. The lowest BCUT2D eigenvalue weighted by Gasteiger charge is -2.46. The van der Waals surface area contributed by atoms with Gasteiger partial charge in [-0.3, -0.25) is 9.59 Å². The number of carboxylic acid groups (broad SMARTS) is 1. The summed E-state index contributed by atoms with van der Waals surface area (Å²) in [5, 5.41) is 30.9. The van der Waals surface area contributed by atoms with Crippen molar-refractivity contribution in [1.82, 2.24) is 10.2 Å². The first-order valence-electron chi connectivity index (χ1n) is 10.4. The lowest BCUT2D eigenvalue weighted by atomic mass is 9.79. The number of carboxylic acids is 1. The molecule has 3 aliphatic heterocycles. The first kappa shape index (κ1) is 24.1. The van der Waals surface area contributed by atoms with Gasteiger partial charge in [0.25, 0.3) is 0 Å². The maximum absolute atomic E-state index is 12.5. The van der Waals surface area contributed by atoms with Crippen LogP contribution in [0.3, 0.4) is 0 Å². The zero-order valence-electron chi connectivity index (χ0n) is 17.8. The monoisotopic (exact) mass is 470 g/mol. The van der Waals surface area contributed by atoms with Gasteiger partial charge in [0.15, 0.2) is 0 Å². The Bertz CT molecular complexity index is 817. The Labute approximate surface area is 190 Å². The number of aliphatic hydroxyl groups excluding tert-OH is 1. The molecule has 2 fully saturated rings. The highest BCUT2D eigenvalue weighted by Gasteiger charge is 2.60. The molecule has 7 atom stereocenters. The molecule has 0 saturated carbocycles. The van der Waals surface area contributed by atoms with E-state index in [1.165, 1.54) is 28.4 Å². The second-order valence-corrected chi connectivity index (χ2v) is 11.1. The van der Waals surface area contributed by atoms with Crippen LogP contribution in [-0.2, 0) is 14.4 Å². The summed E-state index contributed by atoms with van der Waals surface area (Å²) < 4.78 is 0. The molecule has 2 amide bonds. The van der Waals surface area contributed by atoms with Crippen molar-refractivity contribution < 1.29 is 24.6 Å². The number of amides is 2. The number of β-lactam (4-membered cyclic amide) rings is 1. The van der Waals surface area contributed by atoms with E-state index >= 15 is 0 Å². The van der Waals surface area contributed by atoms with Gasteiger partial charge in [-0.25, -0.2) is 4.79 Å². The van der Waals surface area contributed by atoms with Gasteiger partial charge < -0.3 is 31.6 Å². The second kappa shape index (κ2) is 9.51. The minimum absolute atomic E-state index is 0.0585. The molecule has 0 aromatic carbocycles. The number of aliphatic carboxylic acids is 1. The van der Waals surface area contributed by atoms with Crippen LogP contribution < -0.4 is 11.1 Å². The number of carbonyl (C=O) groups excluding carboxylic acids is 2. The number of aliphatic hydroxyl groups is 1. The van der Waals surface area contributed by atoms with E-state index in [-0.39, 0.29) is 46.5 Å². The van der Waals surface area contributed by atoms with Crippen molar-refractivity contribution >= 4 is 47.0 Å². The van der Waals surface area contributed by atoms with Gasteiger partial charge in [-0.15, -0.1) is 11.8 Å². The predicted octanol–water partition coefficient (Wildman–Crippen LogP) is 0.621. The number of primary amides is 1. The maximum Gasteiger partial charge on any atom is 0.353 e. The summed E-state index contributed by atoms with van der Waals surface area (Å²) in [6.45, 7) is 5.88. The summed E-state index contributed by atoms with van der Waals surface area (Å²) >= 11 is 3.05. The van der Waals surface area contributed by atoms with Gasteiger partial charge in [0.1, 0.15) is 5.70 Å². The van der Waals surface area contributed by atoms with Gasteiger partial charge in [0.05, 0.1) is 23.3 Å². The number of thioether (sulfide) groups is 2. The molecule has 11 heteroatoms. The summed E-state index contributed by atoms with van der Waals surface area (Å²) in [6, 6.07) is -0.112. The molecular formula is C20H30N4O5S2. The lowest BCUT2D eigenvalue weighted by Crippen LogP contribution is -2.63. The Balaban J connectivity index is 1.63. The molecule has 3 heterocycles. The molecular weight excluding hydrogens is 440 g/mol. The van der Waals surface area contributed by atoms with E-state index in [1.807, 2.05) is 6.92 Å². The molecule has 0 aromatic heterocycles. The van der Waals surface area contributed by atoms with E-state index in [4.69, 9.17) is 11.1 Å².